The number of aliphatic hydroxyl groups excluding tert-OH is 2. The van der Waals surface area contributed by atoms with Crippen LogP contribution in [0.1, 0.15) is 0 Å². The molecule has 19 heavy (non-hydrogen) atoms. The Labute approximate surface area is 113 Å². The van der Waals surface area contributed by atoms with Crippen LogP contribution in [0.3, 0.4) is 0 Å². The van der Waals surface area contributed by atoms with Gasteiger partial charge in [-0.2, -0.15) is 0 Å². The number of carbonyl (C=O) groups excluding carboxylic acids is 1. The van der Waals surface area contributed by atoms with E-state index in [-0.39, 0.29) is 24.7 Å². The number of hydrogen-bond acceptors (Lipinski definition) is 4. The van der Waals surface area contributed by atoms with E-state index in [4.69, 9.17) is 0 Å². The first kappa shape index (κ1) is 14.2. The minimum absolute atomic E-state index is 0.0461. The third-order valence-electron chi connectivity index (χ3n) is 2.87. The first-order chi connectivity index (χ1) is 8.97. The van der Waals surface area contributed by atoms with Gasteiger partial charge in [-0.15, -0.1) is 11.8 Å². The summed E-state index contributed by atoms with van der Waals surface area (Å²) in [6.07, 6.45) is -1.84. The van der Waals surface area contributed by atoms with E-state index in [0.717, 1.165) is 23.9 Å². The molecule has 1 fully saturated rings. The molecule has 4 nitrogen and oxygen atoms in total. The molecule has 1 saturated heterocycles. The van der Waals surface area contributed by atoms with Crippen molar-refractivity contribution in [3.63, 3.8) is 0 Å². The average Bonchev–Trinajstić information content (AvgIpc) is 2.71. The van der Waals surface area contributed by atoms with E-state index in [1.165, 1.54) is 11.0 Å². The van der Waals surface area contributed by atoms with Crippen LogP contribution in [0.5, 0.6) is 0 Å². The standard InChI is InChI=1S/C12H13F2NO3S/c13-8-2-1-7(3-9(8)14)19-6-12(18)15-4-10(16)11(17)5-15/h1-3,10-11,16-17H,4-6H2. The lowest BCUT2D eigenvalue weighted by Gasteiger charge is -2.14. The van der Waals surface area contributed by atoms with Crippen LogP contribution in [-0.2, 0) is 4.79 Å². The van der Waals surface area contributed by atoms with Crippen LogP contribution in [0.4, 0.5) is 8.78 Å². The molecule has 2 unspecified atom stereocenters. The summed E-state index contributed by atoms with van der Waals surface area (Å²) in [7, 11) is 0. The molecule has 0 bridgehead atoms. The van der Waals surface area contributed by atoms with Crippen LogP contribution in [0, 0.1) is 11.6 Å². The van der Waals surface area contributed by atoms with Gasteiger partial charge in [-0.1, -0.05) is 0 Å². The predicted octanol–water partition coefficient (Wildman–Crippen LogP) is 0.621. The molecule has 7 heteroatoms. The maximum Gasteiger partial charge on any atom is 0.233 e. The van der Waals surface area contributed by atoms with Gasteiger partial charge in [0.1, 0.15) is 0 Å². The van der Waals surface area contributed by atoms with E-state index in [9.17, 15) is 23.8 Å². The molecule has 1 aliphatic heterocycles. The van der Waals surface area contributed by atoms with Crippen LogP contribution in [0.25, 0.3) is 0 Å². The zero-order valence-corrected chi connectivity index (χ0v) is 10.7. The molecule has 0 spiro atoms. The minimum Gasteiger partial charge on any atom is -0.388 e. The van der Waals surface area contributed by atoms with Crippen molar-refractivity contribution in [2.75, 3.05) is 18.8 Å². The van der Waals surface area contributed by atoms with Gasteiger partial charge in [-0.05, 0) is 18.2 Å². The van der Waals surface area contributed by atoms with E-state index < -0.39 is 23.8 Å². The molecule has 0 aliphatic carbocycles. The van der Waals surface area contributed by atoms with Crippen LogP contribution in [0.15, 0.2) is 23.1 Å². The maximum atomic E-state index is 13.0. The number of thioether (sulfide) groups is 1. The first-order valence-corrected chi connectivity index (χ1v) is 6.67. The zero-order valence-electron chi connectivity index (χ0n) is 9.92. The second-order valence-electron chi connectivity index (χ2n) is 4.30. The van der Waals surface area contributed by atoms with Gasteiger partial charge in [-0.3, -0.25) is 4.79 Å². The van der Waals surface area contributed by atoms with Crippen LogP contribution >= 0.6 is 11.8 Å². The van der Waals surface area contributed by atoms with Crippen molar-refractivity contribution >= 4 is 17.7 Å². The Morgan fingerprint density at radius 2 is 1.89 bits per heavy atom. The summed E-state index contributed by atoms with van der Waals surface area (Å²) < 4.78 is 25.7. The fourth-order valence-corrected chi connectivity index (χ4v) is 2.60. The number of amides is 1. The summed E-state index contributed by atoms with van der Waals surface area (Å²) in [6, 6.07) is 3.43. The quantitative estimate of drug-likeness (QED) is 0.801. The second kappa shape index (κ2) is 5.85. The number of nitrogens with zero attached hydrogens (tertiary/aromatic N) is 1. The van der Waals surface area contributed by atoms with Crippen molar-refractivity contribution in [3.05, 3.63) is 29.8 Å². The highest BCUT2D eigenvalue weighted by atomic mass is 32.2. The molecule has 0 radical (unpaired) electrons. The van der Waals surface area contributed by atoms with Crippen molar-refractivity contribution in [3.8, 4) is 0 Å². The third-order valence-corrected chi connectivity index (χ3v) is 3.84. The number of hydrogen-bond donors (Lipinski definition) is 2. The largest absolute Gasteiger partial charge is 0.388 e. The number of β-amino-alcohol motifs (C(OH)–C–C–N with tert-alkyl or cyclic N) is 2. The highest BCUT2D eigenvalue weighted by molar-refractivity contribution is 8.00. The van der Waals surface area contributed by atoms with Crippen molar-refractivity contribution in [1.82, 2.24) is 4.90 Å². The lowest BCUT2D eigenvalue weighted by Crippen LogP contribution is -2.31. The van der Waals surface area contributed by atoms with E-state index in [0.29, 0.717) is 4.90 Å². The van der Waals surface area contributed by atoms with Crippen molar-refractivity contribution in [1.29, 1.82) is 0 Å². The van der Waals surface area contributed by atoms with Crippen molar-refractivity contribution in [2.45, 2.75) is 17.1 Å². The van der Waals surface area contributed by atoms with Gasteiger partial charge in [0.2, 0.25) is 5.91 Å². The van der Waals surface area contributed by atoms with Gasteiger partial charge < -0.3 is 15.1 Å². The molecule has 1 aliphatic rings. The van der Waals surface area contributed by atoms with Gasteiger partial charge in [0.25, 0.3) is 0 Å². The highest BCUT2D eigenvalue weighted by Gasteiger charge is 2.32. The molecule has 1 aromatic rings. The third kappa shape index (κ3) is 3.43. The van der Waals surface area contributed by atoms with Gasteiger partial charge in [0.05, 0.1) is 18.0 Å². The minimum atomic E-state index is -0.954. The second-order valence-corrected chi connectivity index (χ2v) is 5.35. The Bertz CT molecular complexity index is 476. The Morgan fingerprint density at radius 1 is 1.26 bits per heavy atom. The lowest BCUT2D eigenvalue weighted by molar-refractivity contribution is -0.127. The summed E-state index contributed by atoms with van der Waals surface area (Å²) >= 11 is 1.08. The number of likely N-dealkylation sites (tertiary alicyclic amines) is 1. The summed E-state index contributed by atoms with van der Waals surface area (Å²) in [5.74, 6) is -2.10. The molecule has 1 aromatic carbocycles. The molecule has 0 saturated carbocycles. The fourth-order valence-electron chi connectivity index (χ4n) is 1.78. The van der Waals surface area contributed by atoms with Crippen molar-refractivity contribution < 1.29 is 23.8 Å². The van der Waals surface area contributed by atoms with Gasteiger partial charge in [-0.25, -0.2) is 8.78 Å². The van der Waals surface area contributed by atoms with Gasteiger partial charge in [0.15, 0.2) is 11.6 Å². The van der Waals surface area contributed by atoms with Crippen LogP contribution < -0.4 is 0 Å². The van der Waals surface area contributed by atoms with Crippen LogP contribution in [0.2, 0.25) is 0 Å². The van der Waals surface area contributed by atoms with E-state index >= 15 is 0 Å². The highest BCUT2D eigenvalue weighted by Crippen LogP contribution is 2.21. The van der Waals surface area contributed by atoms with E-state index in [1.807, 2.05) is 0 Å². The van der Waals surface area contributed by atoms with E-state index in [2.05, 4.69) is 0 Å². The van der Waals surface area contributed by atoms with Crippen molar-refractivity contribution in [2.24, 2.45) is 0 Å². The summed E-state index contributed by atoms with van der Waals surface area (Å²) in [4.78, 5) is 13.6. The Morgan fingerprint density at radius 3 is 2.47 bits per heavy atom. The normalized spacial score (nSPS) is 22.8. The molecule has 2 atom stereocenters. The van der Waals surface area contributed by atoms with Gasteiger partial charge >= 0.3 is 0 Å². The molecule has 1 amide bonds. The number of carbonyl (C=O) groups is 1. The number of benzene rings is 1. The monoisotopic (exact) mass is 289 g/mol. The SMILES string of the molecule is O=C(CSc1ccc(F)c(F)c1)N1CC(O)C(O)C1. The van der Waals surface area contributed by atoms with Gasteiger partial charge in [0, 0.05) is 18.0 Å². The predicted molar refractivity (Wildman–Crippen MR) is 65.7 cm³/mol. The molecule has 104 valence electrons. The first-order valence-electron chi connectivity index (χ1n) is 5.69. The Balaban J connectivity index is 1.88. The molecule has 1 heterocycles. The summed E-state index contributed by atoms with van der Waals surface area (Å²) in [5, 5.41) is 18.7. The average molecular weight is 289 g/mol. The Kier molecular flexibility index (Phi) is 4.38. The molecule has 2 rings (SSSR count). The molecular formula is C12H13F2NO3S. The topological polar surface area (TPSA) is 60.8 Å². The summed E-state index contributed by atoms with van der Waals surface area (Å²) in [5.41, 5.74) is 0. The maximum absolute atomic E-state index is 13.0. The van der Waals surface area contributed by atoms with Crippen LogP contribution in [-0.4, -0.2) is 52.1 Å². The number of halogens is 2. The Hall–Kier alpha value is -1.18. The smallest absolute Gasteiger partial charge is 0.233 e. The van der Waals surface area contributed by atoms with E-state index in [1.54, 1.807) is 0 Å². The lowest BCUT2D eigenvalue weighted by atomic mass is 10.3. The summed E-state index contributed by atoms with van der Waals surface area (Å²) in [6.45, 7) is 0.191. The molecular weight excluding hydrogens is 276 g/mol. The number of aliphatic hydroxyl groups is 2. The fraction of sp³-hybridized carbons (Fsp3) is 0.417. The number of rotatable bonds is 3. The zero-order chi connectivity index (χ0) is 14.0. The molecule has 0 aromatic heterocycles. The molecule has 2 N–H and O–H groups in total.